The molecule has 1 aromatic heterocycles. The Hall–Kier alpha value is -4.03. The summed E-state index contributed by atoms with van der Waals surface area (Å²) in [6.07, 6.45) is 4.43. The first-order chi connectivity index (χ1) is 20.5. The summed E-state index contributed by atoms with van der Waals surface area (Å²) in [6, 6.07) is 9.70. The number of aromatic nitrogens is 1. The second-order valence-electron chi connectivity index (χ2n) is 11.0. The van der Waals surface area contributed by atoms with Crippen LogP contribution in [0.4, 0.5) is 0 Å². The summed E-state index contributed by atoms with van der Waals surface area (Å²) in [7, 11) is 0. The third-order valence-corrected chi connectivity index (χ3v) is 7.67. The van der Waals surface area contributed by atoms with Crippen molar-refractivity contribution in [1.82, 2.24) is 20.9 Å². The maximum Gasteiger partial charge on any atom is 0.326 e. The summed E-state index contributed by atoms with van der Waals surface area (Å²) in [6.45, 7) is 3.78. The molecule has 0 saturated carbocycles. The number of amides is 3. The normalized spacial score (nSPS) is 14.1. The van der Waals surface area contributed by atoms with Gasteiger partial charge in [0.1, 0.15) is 23.9 Å². The fraction of sp³-hybridized carbons (Fsp3) is 0.419. The maximum absolute atomic E-state index is 13.4. The number of carbonyl (C=O) groups is 4. The van der Waals surface area contributed by atoms with Crippen LogP contribution >= 0.6 is 11.8 Å². The zero-order valence-electron chi connectivity index (χ0n) is 24.6. The molecule has 0 aliphatic rings. The lowest BCUT2D eigenvalue weighted by Crippen LogP contribution is -2.57. The highest BCUT2D eigenvalue weighted by Crippen LogP contribution is 2.19. The van der Waals surface area contributed by atoms with Crippen LogP contribution in [0.5, 0.6) is 5.75 Å². The van der Waals surface area contributed by atoms with Gasteiger partial charge in [0, 0.05) is 23.5 Å². The van der Waals surface area contributed by atoms with E-state index in [4.69, 9.17) is 5.73 Å². The van der Waals surface area contributed by atoms with Crippen LogP contribution in [0.15, 0.2) is 54.7 Å². The molecule has 0 aliphatic heterocycles. The van der Waals surface area contributed by atoms with E-state index in [2.05, 4.69) is 20.9 Å². The van der Waals surface area contributed by atoms with E-state index < -0.39 is 47.9 Å². The largest absolute Gasteiger partial charge is 0.508 e. The van der Waals surface area contributed by atoms with Gasteiger partial charge >= 0.3 is 5.97 Å². The van der Waals surface area contributed by atoms with E-state index in [1.807, 2.05) is 44.4 Å². The van der Waals surface area contributed by atoms with Gasteiger partial charge in [0.05, 0.1) is 6.04 Å². The average Bonchev–Trinajstić information content (AvgIpc) is 3.37. The maximum atomic E-state index is 13.4. The Balaban J connectivity index is 1.70. The molecule has 4 unspecified atom stereocenters. The van der Waals surface area contributed by atoms with Crippen molar-refractivity contribution in [2.75, 3.05) is 12.0 Å². The third kappa shape index (κ3) is 10.0. The van der Waals surface area contributed by atoms with Crippen molar-refractivity contribution in [3.05, 3.63) is 65.9 Å². The number of hydrogen-bond acceptors (Lipinski definition) is 7. The van der Waals surface area contributed by atoms with Gasteiger partial charge in [-0.15, -0.1) is 0 Å². The molecular weight excluding hydrogens is 570 g/mol. The first-order valence-electron chi connectivity index (χ1n) is 14.2. The van der Waals surface area contributed by atoms with Crippen LogP contribution < -0.4 is 21.7 Å². The summed E-state index contributed by atoms with van der Waals surface area (Å²) in [5.74, 6) is -2.21. The molecule has 0 spiro atoms. The Labute approximate surface area is 255 Å². The van der Waals surface area contributed by atoms with E-state index in [1.165, 1.54) is 23.9 Å². The van der Waals surface area contributed by atoms with Crippen molar-refractivity contribution in [2.45, 2.75) is 63.7 Å². The predicted molar refractivity (Wildman–Crippen MR) is 168 cm³/mol. The number of phenols is 1. The lowest BCUT2D eigenvalue weighted by Gasteiger charge is -2.26. The first kappa shape index (κ1) is 33.5. The number of para-hydroxylation sites is 1. The topological polar surface area (TPSA) is 187 Å². The van der Waals surface area contributed by atoms with Crippen molar-refractivity contribution < 1.29 is 29.4 Å². The fourth-order valence-electron chi connectivity index (χ4n) is 4.73. The molecule has 12 heteroatoms. The van der Waals surface area contributed by atoms with E-state index in [0.29, 0.717) is 12.2 Å². The van der Waals surface area contributed by atoms with Crippen LogP contribution in [-0.4, -0.2) is 75.1 Å². The molecule has 3 aromatic rings. The van der Waals surface area contributed by atoms with Gasteiger partial charge < -0.3 is 36.9 Å². The number of H-pyrrole nitrogens is 1. The monoisotopic (exact) mass is 611 g/mol. The van der Waals surface area contributed by atoms with E-state index in [-0.39, 0.29) is 30.9 Å². The number of carboxylic acid groups (broad SMARTS) is 1. The zero-order valence-corrected chi connectivity index (χ0v) is 25.4. The molecule has 4 atom stereocenters. The summed E-state index contributed by atoms with van der Waals surface area (Å²) >= 11 is 1.50. The minimum absolute atomic E-state index is 0.00548. The van der Waals surface area contributed by atoms with Crippen LogP contribution in [0.25, 0.3) is 10.9 Å². The number of aliphatic carboxylic acids is 1. The van der Waals surface area contributed by atoms with Crippen LogP contribution in [0.2, 0.25) is 0 Å². The van der Waals surface area contributed by atoms with Crippen molar-refractivity contribution in [1.29, 1.82) is 0 Å². The standard InChI is InChI=1S/C31H41N5O6S/c1-18(2)14-26(30(40)36-27(31(41)42)16-20-17-33-24-7-5-4-6-22(20)24)35-29(39)25(12-13-43-3)34-28(38)23(32)15-19-8-10-21(37)11-9-19/h4-11,17-18,23,25-27,33,37H,12-16,32H2,1-3H3,(H,34,38)(H,35,39)(H,36,40)(H,41,42). The highest BCUT2D eigenvalue weighted by Gasteiger charge is 2.31. The van der Waals surface area contributed by atoms with Crippen molar-refractivity contribution in [2.24, 2.45) is 11.7 Å². The smallest absolute Gasteiger partial charge is 0.326 e. The zero-order chi connectivity index (χ0) is 31.5. The molecule has 232 valence electrons. The van der Waals surface area contributed by atoms with Gasteiger partial charge in [0.15, 0.2) is 0 Å². The van der Waals surface area contributed by atoms with Crippen molar-refractivity contribution >= 4 is 46.4 Å². The molecule has 2 aromatic carbocycles. The molecule has 3 amide bonds. The van der Waals surface area contributed by atoms with Gasteiger partial charge in [0.2, 0.25) is 17.7 Å². The minimum Gasteiger partial charge on any atom is -0.508 e. The van der Waals surface area contributed by atoms with E-state index in [1.54, 1.807) is 18.3 Å². The Morgan fingerprint density at radius 2 is 1.51 bits per heavy atom. The number of aromatic hydroxyl groups is 1. The molecule has 11 nitrogen and oxygen atoms in total. The molecular formula is C31H41N5O6S. The summed E-state index contributed by atoms with van der Waals surface area (Å²) in [5.41, 5.74) is 8.48. The molecule has 0 fully saturated rings. The summed E-state index contributed by atoms with van der Waals surface area (Å²) in [4.78, 5) is 55.0. The Kier molecular flexibility index (Phi) is 12.4. The van der Waals surface area contributed by atoms with Crippen LogP contribution in [0.1, 0.15) is 37.8 Å². The Morgan fingerprint density at radius 1 is 0.884 bits per heavy atom. The highest BCUT2D eigenvalue weighted by atomic mass is 32.2. The molecule has 1 heterocycles. The SMILES string of the molecule is CSCCC(NC(=O)C(N)Cc1ccc(O)cc1)C(=O)NC(CC(C)C)C(=O)NC(Cc1c[nH]c2ccccc12)C(=O)O. The first-order valence-corrected chi connectivity index (χ1v) is 15.6. The minimum atomic E-state index is -1.22. The summed E-state index contributed by atoms with van der Waals surface area (Å²) in [5, 5.41) is 28.3. The van der Waals surface area contributed by atoms with E-state index in [9.17, 15) is 29.4 Å². The highest BCUT2D eigenvalue weighted by molar-refractivity contribution is 7.98. The van der Waals surface area contributed by atoms with Crippen molar-refractivity contribution in [3.63, 3.8) is 0 Å². The lowest BCUT2D eigenvalue weighted by molar-refractivity contribution is -0.142. The van der Waals surface area contributed by atoms with Crippen molar-refractivity contribution in [3.8, 4) is 5.75 Å². The number of nitrogens with two attached hydrogens (primary N) is 1. The Morgan fingerprint density at radius 3 is 2.16 bits per heavy atom. The molecule has 0 radical (unpaired) electrons. The number of fused-ring (bicyclic) bond motifs is 1. The number of carbonyl (C=O) groups excluding carboxylic acids is 3. The average molecular weight is 612 g/mol. The molecule has 8 N–H and O–H groups in total. The van der Waals surface area contributed by atoms with Gasteiger partial charge in [-0.2, -0.15) is 11.8 Å². The number of aromatic amines is 1. The predicted octanol–water partition coefficient (Wildman–Crippen LogP) is 2.32. The number of benzene rings is 2. The second kappa shape index (κ2) is 16.0. The van der Waals surface area contributed by atoms with Gasteiger partial charge in [-0.3, -0.25) is 14.4 Å². The number of hydrogen-bond donors (Lipinski definition) is 7. The van der Waals surface area contributed by atoms with Gasteiger partial charge in [-0.1, -0.05) is 44.2 Å². The summed E-state index contributed by atoms with van der Waals surface area (Å²) < 4.78 is 0. The van der Waals surface area contributed by atoms with E-state index in [0.717, 1.165) is 22.0 Å². The molecule has 0 aliphatic carbocycles. The van der Waals surface area contributed by atoms with Gasteiger partial charge in [-0.05, 0) is 66.5 Å². The van der Waals surface area contributed by atoms with Crippen LogP contribution in [-0.2, 0) is 32.0 Å². The van der Waals surface area contributed by atoms with Gasteiger partial charge in [0.25, 0.3) is 0 Å². The number of thioether (sulfide) groups is 1. The second-order valence-corrected chi connectivity index (χ2v) is 12.0. The third-order valence-electron chi connectivity index (χ3n) is 7.03. The van der Waals surface area contributed by atoms with Gasteiger partial charge in [-0.25, -0.2) is 4.79 Å². The van der Waals surface area contributed by atoms with Crippen LogP contribution in [0, 0.1) is 5.92 Å². The molecule has 0 bridgehead atoms. The quantitative estimate of drug-likeness (QED) is 0.129. The number of phenolic OH excluding ortho intramolecular Hbond substituents is 1. The van der Waals surface area contributed by atoms with Crippen LogP contribution in [0.3, 0.4) is 0 Å². The van der Waals surface area contributed by atoms with E-state index >= 15 is 0 Å². The fourth-order valence-corrected chi connectivity index (χ4v) is 5.20. The number of nitrogens with one attached hydrogen (secondary N) is 4. The molecule has 0 saturated heterocycles. The molecule has 3 rings (SSSR count). The Bertz CT molecular complexity index is 1390. The number of carboxylic acids is 1. The number of rotatable bonds is 16. The lowest BCUT2D eigenvalue weighted by atomic mass is 10.0. The molecule has 43 heavy (non-hydrogen) atoms.